The van der Waals surface area contributed by atoms with Gasteiger partial charge in [-0.25, -0.2) is 9.97 Å². The fraction of sp³-hybridized carbons (Fsp3) is 0.474. The number of aromatic nitrogens is 2. The molecule has 1 aromatic carbocycles. The molecule has 0 saturated carbocycles. The summed E-state index contributed by atoms with van der Waals surface area (Å²) >= 11 is 0. The predicted octanol–water partition coefficient (Wildman–Crippen LogP) is 3.16. The second-order valence-corrected chi connectivity index (χ2v) is 6.46. The number of hydrogen-bond donors (Lipinski definition) is 1. The molecule has 1 N–H and O–H groups in total. The molecule has 23 heavy (non-hydrogen) atoms. The van der Waals surface area contributed by atoms with Gasteiger partial charge in [-0.2, -0.15) is 0 Å². The van der Waals surface area contributed by atoms with Gasteiger partial charge in [-0.15, -0.1) is 0 Å². The fourth-order valence-electron chi connectivity index (χ4n) is 2.99. The number of nitrogens with one attached hydrogen (secondary N) is 1. The summed E-state index contributed by atoms with van der Waals surface area (Å²) in [5.74, 6) is 1.35. The molecular weight excluding hydrogens is 286 g/mol. The monoisotopic (exact) mass is 311 g/mol. The highest BCUT2D eigenvalue weighted by molar-refractivity contribution is 5.28. The number of hydrogen-bond acceptors (Lipinski definition) is 4. The van der Waals surface area contributed by atoms with Gasteiger partial charge in [-0.05, 0) is 29.5 Å². The first-order chi connectivity index (χ1) is 11.1. The smallest absolute Gasteiger partial charge is 0.132 e. The van der Waals surface area contributed by atoms with Gasteiger partial charge in [0.1, 0.15) is 5.82 Å². The van der Waals surface area contributed by atoms with Crippen LogP contribution < -0.4 is 5.32 Å². The van der Waals surface area contributed by atoms with Crippen LogP contribution in [-0.4, -0.2) is 29.7 Å². The second-order valence-electron chi connectivity index (χ2n) is 6.46. The van der Waals surface area contributed by atoms with Crippen molar-refractivity contribution in [1.29, 1.82) is 0 Å². The maximum atomic E-state index is 5.79. The number of nitrogens with zero attached hydrogens (tertiary/aromatic N) is 2. The molecule has 0 spiro atoms. The van der Waals surface area contributed by atoms with Crippen molar-refractivity contribution in [2.45, 2.75) is 39.2 Å². The maximum absolute atomic E-state index is 5.79. The Kier molecular flexibility index (Phi) is 5.03. The van der Waals surface area contributed by atoms with Crippen molar-refractivity contribution in [3.05, 3.63) is 58.7 Å². The lowest BCUT2D eigenvalue weighted by Gasteiger charge is -2.24. The summed E-state index contributed by atoms with van der Waals surface area (Å²) in [5.41, 5.74) is 4.77. The van der Waals surface area contributed by atoms with Crippen molar-refractivity contribution in [3.63, 3.8) is 0 Å². The van der Waals surface area contributed by atoms with Crippen molar-refractivity contribution in [1.82, 2.24) is 15.3 Å². The van der Waals surface area contributed by atoms with Gasteiger partial charge in [0.15, 0.2) is 0 Å². The lowest BCUT2D eigenvalue weighted by atomic mass is 10.0. The molecule has 1 saturated heterocycles. The quantitative estimate of drug-likeness (QED) is 0.942. The van der Waals surface area contributed by atoms with E-state index in [0.717, 1.165) is 37.6 Å². The Hall–Kier alpha value is -1.78. The van der Waals surface area contributed by atoms with Gasteiger partial charge in [-0.1, -0.05) is 38.1 Å². The molecule has 1 aromatic heterocycles. The summed E-state index contributed by atoms with van der Waals surface area (Å²) in [6.45, 7) is 9.02. The summed E-state index contributed by atoms with van der Waals surface area (Å²) < 4.78 is 5.79. The van der Waals surface area contributed by atoms with Gasteiger partial charge in [0, 0.05) is 31.4 Å². The van der Waals surface area contributed by atoms with Crippen LogP contribution in [0.5, 0.6) is 0 Å². The summed E-state index contributed by atoms with van der Waals surface area (Å²) in [5, 5.41) is 3.36. The molecular formula is C19H25N3O. The molecule has 1 aliphatic rings. The van der Waals surface area contributed by atoms with E-state index in [9.17, 15) is 0 Å². The topological polar surface area (TPSA) is 47.0 Å². The number of aryl methyl sites for hydroxylation is 1. The normalized spacial score (nSPS) is 18.3. The summed E-state index contributed by atoms with van der Waals surface area (Å²) in [6.07, 6.45) is 2.91. The summed E-state index contributed by atoms with van der Waals surface area (Å²) in [4.78, 5) is 9.18. The predicted molar refractivity (Wildman–Crippen MR) is 91.7 cm³/mol. The Bertz CT molecular complexity index is 646. The Balaban J connectivity index is 1.69. The van der Waals surface area contributed by atoms with Crippen molar-refractivity contribution in [2.75, 3.05) is 19.7 Å². The van der Waals surface area contributed by atoms with E-state index in [1.54, 1.807) is 0 Å². The standard InChI is InChI=1S/C19H25N3O/c1-13(2)17-11-21-19(22-14(17)3)10-15-4-6-16(7-5-15)18-12-20-8-9-23-18/h4-7,11,13,18,20H,8-10,12H2,1-3H3/t18-/m1/s1. The molecule has 1 fully saturated rings. The lowest BCUT2D eigenvalue weighted by molar-refractivity contribution is 0.0277. The van der Waals surface area contributed by atoms with Crippen LogP contribution in [0.25, 0.3) is 0 Å². The first kappa shape index (κ1) is 16.1. The molecule has 0 bridgehead atoms. The molecule has 1 aliphatic heterocycles. The maximum Gasteiger partial charge on any atom is 0.132 e. The largest absolute Gasteiger partial charge is 0.371 e. The Morgan fingerprint density at radius 1 is 1.26 bits per heavy atom. The van der Waals surface area contributed by atoms with E-state index in [-0.39, 0.29) is 6.10 Å². The first-order valence-corrected chi connectivity index (χ1v) is 8.37. The average molecular weight is 311 g/mol. The van der Waals surface area contributed by atoms with Gasteiger partial charge in [-0.3, -0.25) is 0 Å². The molecule has 0 amide bonds. The molecule has 0 radical (unpaired) electrons. The SMILES string of the molecule is Cc1nc(Cc2ccc([C@H]3CNCCO3)cc2)ncc1C(C)C. The van der Waals surface area contributed by atoms with E-state index >= 15 is 0 Å². The number of rotatable bonds is 4. The van der Waals surface area contributed by atoms with Crippen LogP contribution in [0.2, 0.25) is 0 Å². The Morgan fingerprint density at radius 2 is 2.04 bits per heavy atom. The minimum absolute atomic E-state index is 0.168. The average Bonchev–Trinajstić information content (AvgIpc) is 2.56. The third-order valence-electron chi connectivity index (χ3n) is 4.33. The number of benzene rings is 1. The molecule has 0 unspecified atom stereocenters. The third kappa shape index (κ3) is 3.95. The van der Waals surface area contributed by atoms with E-state index in [1.807, 2.05) is 6.20 Å². The second kappa shape index (κ2) is 7.20. The van der Waals surface area contributed by atoms with Crippen LogP contribution in [0.1, 0.15) is 54.1 Å². The highest BCUT2D eigenvalue weighted by Gasteiger charge is 2.15. The van der Waals surface area contributed by atoms with Crippen LogP contribution >= 0.6 is 0 Å². The molecule has 4 nitrogen and oxygen atoms in total. The Labute approximate surface area is 138 Å². The van der Waals surface area contributed by atoms with E-state index in [0.29, 0.717) is 5.92 Å². The minimum atomic E-state index is 0.168. The molecule has 4 heteroatoms. The zero-order valence-corrected chi connectivity index (χ0v) is 14.2. The van der Waals surface area contributed by atoms with E-state index < -0.39 is 0 Å². The van der Waals surface area contributed by atoms with E-state index in [4.69, 9.17) is 4.74 Å². The zero-order chi connectivity index (χ0) is 16.2. The minimum Gasteiger partial charge on any atom is -0.371 e. The molecule has 2 heterocycles. The van der Waals surface area contributed by atoms with Crippen LogP contribution in [0.15, 0.2) is 30.5 Å². The van der Waals surface area contributed by atoms with Crippen molar-refractivity contribution >= 4 is 0 Å². The molecule has 122 valence electrons. The summed E-state index contributed by atoms with van der Waals surface area (Å²) in [7, 11) is 0. The molecule has 3 rings (SSSR count). The molecule has 1 atom stereocenters. The van der Waals surface area contributed by atoms with Crippen LogP contribution in [0.4, 0.5) is 0 Å². The van der Waals surface area contributed by atoms with Crippen LogP contribution in [-0.2, 0) is 11.2 Å². The molecule has 0 aliphatic carbocycles. The van der Waals surface area contributed by atoms with Crippen molar-refractivity contribution in [2.24, 2.45) is 0 Å². The van der Waals surface area contributed by atoms with Gasteiger partial charge >= 0.3 is 0 Å². The van der Waals surface area contributed by atoms with E-state index in [1.165, 1.54) is 16.7 Å². The first-order valence-electron chi connectivity index (χ1n) is 8.37. The highest BCUT2D eigenvalue weighted by Crippen LogP contribution is 2.20. The van der Waals surface area contributed by atoms with Gasteiger partial charge in [0.25, 0.3) is 0 Å². The lowest BCUT2D eigenvalue weighted by Crippen LogP contribution is -2.33. The zero-order valence-electron chi connectivity index (χ0n) is 14.2. The fourth-order valence-corrected chi connectivity index (χ4v) is 2.99. The number of ether oxygens (including phenoxy) is 1. The van der Waals surface area contributed by atoms with E-state index in [2.05, 4.69) is 60.3 Å². The third-order valence-corrected chi connectivity index (χ3v) is 4.33. The van der Waals surface area contributed by atoms with Crippen molar-refractivity contribution in [3.8, 4) is 0 Å². The molecule has 2 aromatic rings. The number of morpholine rings is 1. The van der Waals surface area contributed by atoms with Crippen LogP contribution in [0, 0.1) is 6.92 Å². The summed E-state index contributed by atoms with van der Waals surface area (Å²) in [6, 6.07) is 8.62. The van der Waals surface area contributed by atoms with Crippen LogP contribution in [0.3, 0.4) is 0 Å². The van der Waals surface area contributed by atoms with Gasteiger partial charge in [0.05, 0.1) is 12.7 Å². The Morgan fingerprint density at radius 3 is 2.65 bits per heavy atom. The van der Waals surface area contributed by atoms with Gasteiger partial charge < -0.3 is 10.1 Å². The van der Waals surface area contributed by atoms with Crippen molar-refractivity contribution < 1.29 is 4.74 Å². The highest BCUT2D eigenvalue weighted by atomic mass is 16.5. The van der Waals surface area contributed by atoms with Gasteiger partial charge in [0.2, 0.25) is 0 Å².